The van der Waals surface area contributed by atoms with Crippen LogP contribution in [0, 0.1) is 0 Å². The van der Waals surface area contributed by atoms with Crippen LogP contribution in [0.1, 0.15) is 28.6 Å². The lowest BCUT2D eigenvalue weighted by atomic mass is 9.97. The standard InChI is InChI=1S/C17H14O2/c1-2-16-15(10-11-19-16)17(18)14-9-5-7-12-6-3-4-8-13(12)14/h3-11H,2H2,1H3. The maximum Gasteiger partial charge on any atom is 0.197 e. The molecule has 0 fully saturated rings. The SMILES string of the molecule is CCc1occc1C(=O)c1cccc2ccccc12. The van der Waals surface area contributed by atoms with Gasteiger partial charge < -0.3 is 4.42 Å². The fourth-order valence-electron chi connectivity index (χ4n) is 2.39. The third-order valence-corrected chi connectivity index (χ3v) is 3.35. The first kappa shape index (κ1) is 11.7. The van der Waals surface area contributed by atoms with Crippen LogP contribution in [0.4, 0.5) is 0 Å². The summed E-state index contributed by atoms with van der Waals surface area (Å²) in [5, 5.41) is 2.06. The van der Waals surface area contributed by atoms with Crippen LogP contribution in [0.2, 0.25) is 0 Å². The van der Waals surface area contributed by atoms with E-state index in [0.717, 1.165) is 28.5 Å². The Morgan fingerprint density at radius 2 is 1.79 bits per heavy atom. The Balaban J connectivity index is 2.17. The van der Waals surface area contributed by atoms with E-state index in [-0.39, 0.29) is 5.78 Å². The summed E-state index contributed by atoms with van der Waals surface area (Å²) in [6.07, 6.45) is 2.30. The van der Waals surface area contributed by atoms with Crippen LogP contribution < -0.4 is 0 Å². The molecule has 2 aromatic carbocycles. The van der Waals surface area contributed by atoms with E-state index in [0.29, 0.717) is 5.56 Å². The Bertz CT molecular complexity index is 732. The Hall–Kier alpha value is -2.35. The number of aryl methyl sites for hydroxylation is 1. The molecule has 0 saturated carbocycles. The highest BCUT2D eigenvalue weighted by Crippen LogP contribution is 2.23. The van der Waals surface area contributed by atoms with Crippen molar-refractivity contribution in [2.45, 2.75) is 13.3 Å². The predicted molar refractivity (Wildman–Crippen MR) is 75.5 cm³/mol. The minimum absolute atomic E-state index is 0.0300. The van der Waals surface area contributed by atoms with Gasteiger partial charge in [-0.05, 0) is 16.8 Å². The second-order valence-electron chi connectivity index (χ2n) is 4.47. The van der Waals surface area contributed by atoms with E-state index < -0.39 is 0 Å². The average molecular weight is 250 g/mol. The maximum atomic E-state index is 12.6. The van der Waals surface area contributed by atoms with Gasteiger partial charge in [0, 0.05) is 12.0 Å². The van der Waals surface area contributed by atoms with Crippen molar-refractivity contribution >= 4 is 16.6 Å². The molecule has 0 aliphatic heterocycles. The minimum atomic E-state index is 0.0300. The van der Waals surface area contributed by atoms with Crippen LogP contribution in [0.5, 0.6) is 0 Å². The zero-order chi connectivity index (χ0) is 13.2. The van der Waals surface area contributed by atoms with Crippen LogP contribution in [0.3, 0.4) is 0 Å². The lowest BCUT2D eigenvalue weighted by molar-refractivity contribution is 0.103. The Labute approximate surface area is 111 Å². The minimum Gasteiger partial charge on any atom is -0.469 e. The Morgan fingerprint density at radius 3 is 2.63 bits per heavy atom. The molecule has 2 heteroatoms. The average Bonchev–Trinajstić information content (AvgIpc) is 2.94. The molecule has 0 atom stereocenters. The molecule has 0 saturated heterocycles. The zero-order valence-electron chi connectivity index (χ0n) is 10.7. The number of rotatable bonds is 3. The first-order valence-corrected chi connectivity index (χ1v) is 6.40. The molecule has 19 heavy (non-hydrogen) atoms. The molecule has 0 N–H and O–H groups in total. The lowest BCUT2D eigenvalue weighted by Crippen LogP contribution is -2.03. The number of furan rings is 1. The summed E-state index contributed by atoms with van der Waals surface area (Å²) >= 11 is 0. The molecule has 0 unspecified atom stereocenters. The van der Waals surface area contributed by atoms with Crippen LogP contribution in [-0.4, -0.2) is 5.78 Å². The molecule has 0 aliphatic carbocycles. The largest absolute Gasteiger partial charge is 0.469 e. The Morgan fingerprint density at radius 1 is 1.00 bits per heavy atom. The molecular weight excluding hydrogens is 236 g/mol. The third kappa shape index (κ3) is 1.95. The highest BCUT2D eigenvalue weighted by molar-refractivity contribution is 6.16. The van der Waals surface area contributed by atoms with Gasteiger partial charge in [0.05, 0.1) is 11.8 Å². The van der Waals surface area contributed by atoms with Gasteiger partial charge in [-0.3, -0.25) is 4.79 Å². The number of benzene rings is 2. The Kier molecular flexibility index (Phi) is 2.92. The van der Waals surface area contributed by atoms with E-state index in [1.165, 1.54) is 0 Å². The van der Waals surface area contributed by atoms with Crippen molar-refractivity contribution in [2.75, 3.05) is 0 Å². The molecule has 1 aromatic heterocycles. The first-order chi connectivity index (χ1) is 9.31. The van der Waals surface area contributed by atoms with E-state index in [1.807, 2.05) is 49.4 Å². The summed E-state index contributed by atoms with van der Waals surface area (Å²) in [6, 6.07) is 15.5. The van der Waals surface area contributed by atoms with Gasteiger partial charge in [0.25, 0.3) is 0 Å². The second-order valence-corrected chi connectivity index (χ2v) is 4.47. The van der Waals surface area contributed by atoms with Gasteiger partial charge in [0.1, 0.15) is 5.76 Å². The molecule has 94 valence electrons. The normalized spacial score (nSPS) is 10.8. The predicted octanol–water partition coefficient (Wildman–Crippen LogP) is 4.23. The van der Waals surface area contributed by atoms with Gasteiger partial charge in [0.15, 0.2) is 5.78 Å². The third-order valence-electron chi connectivity index (χ3n) is 3.35. The van der Waals surface area contributed by atoms with Gasteiger partial charge in [0.2, 0.25) is 0 Å². The number of hydrogen-bond acceptors (Lipinski definition) is 2. The van der Waals surface area contributed by atoms with Crippen LogP contribution in [0.15, 0.2) is 59.2 Å². The number of carbonyl (C=O) groups is 1. The molecule has 2 nitrogen and oxygen atoms in total. The highest BCUT2D eigenvalue weighted by Gasteiger charge is 2.17. The summed E-state index contributed by atoms with van der Waals surface area (Å²) < 4.78 is 5.35. The molecule has 0 amide bonds. The smallest absolute Gasteiger partial charge is 0.197 e. The molecule has 3 aromatic rings. The van der Waals surface area contributed by atoms with E-state index in [2.05, 4.69) is 0 Å². The summed E-state index contributed by atoms with van der Waals surface area (Å²) in [5.41, 5.74) is 1.40. The van der Waals surface area contributed by atoms with Crippen molar-refractivity contribution in [3.05, 3.63) is 71.7 Å². The second kappa shape index (κ2) is 4.73. The fraction of sp³-hybridized carbons (Fsp3) is 0.118. The topological polar surface area (TPSA) is 30.2 Å². The first-order valence-electron chi connectivity index (χ1n) is 6.40. The van der Waals surface area contributed by atoms with Crippen LogP contribution in [0.25, 0.3) is 10.8 Å². The van der Waals surface area contributed by atoms with Crippen molar-refractivity contribution in [1.29, 1.82) is 0 Å². The van der Waals surface area contributed by atoms with Crippen molar-refractivity contribution in [3.63, 3.8) is 0 Å². The van der Waals surface area contributed by atoms with Crippen LogP contribution >= 0.6 is 0 Å². The van der Waals surface area contributed by atoms with Crippen molar-refractivity contribution < 1.29 is 9.21 Å². The van der Waals surface area contributed by atoms with Gasteiger partial charge in [-0.1, -0.05) is 49.4 Å². The molecule has 0 spiro atoms. The van der Waals surface area contributed by atoms with E-state index in [4.69, 9.17) is 4.42 Å². The highest BCUT2D eigenvalue weighted by atomic mass is 16.3. The van der Waals surface area contributed by atoms with E-state index in [1.54, 1.807) is 12.3 Å². The summed E-state index contributed by atoms with van der Waals surface area (Å²) in [4.78, 5) is 12.6. The molecule has 0 aliphatic rings. The summed E-state index contributed by atoms with van der Waals surface area (Å²) in [5.74, 6) is 0.778. The lowest BCUT2D eigenvalue weighted by Gasteiger charge is -2.05. The molecule has 3 rings (SSSR count). The van der Waals surface area contributed by atoms with Crippen molar-refractivity contribution in [3.8, 4) is 0 Å². The summed E-state index contributed by atoms with van der Waals surface area (Å²) in [7, 11) is 0. The van der Waals surface area contributed by atoms with Gasteiger partial charge in [-0.2, -0.15) is 0 Å². The summed E-state index contributed by atoms with van der Waals surface area (Å²) in [6.45, 7) is 1.98. The molecular formula is C17H14O2. The fourth-order valence-corrected chi connectivity index (χ4v) is 2.39. The van der Waals surface area contributed by atoms with Crippen LogP contribution in [-0.2, 0) is 6.42 Å². The monoisotopic (exact) mass is 250 g/mol. The zero-order valence-corrected chi connectivity index (χ0v) is 10.7. The maximum absolute atomic E-state index is 12.6. The van der Waals surface area contributed by atoms with E-state index >= 15 is 0 Å². The molecule has 0 radical (unpaired) electrons. The van der Waals surface area contributed by atoms with Gasteiger partial charge >= 0.3 is 0 Å². The molecule has 0 bridgehead atoms. The number of ketones is 1. The molecule has 1 heterocycles. The van der Waals surface area contributed by atoms with Gasteiger partial charge in [-0.15, -0.1) is 0 Å². The number of fused-ring (bicyclic) bond motifs is 1. The van der Waals surface area contributed by atoms with Crippen molar-refractivity contribution in [2.24, 2.45) is 0 Å². The van der Waals surface area contributed by atoms with Gasteiger partial charge in [-0.25, -0.2) is 0 Å². The number of carbonyl (C=O) groups excluding carboxylic acids is 1. The van der Waals surface area contributed by atoms with E-state index in [9.17, 15) is 4.79 Å². The van der Waals surface area contributed by atoms with Crippen molar-refractivity contribution in [1.82, 2.24) is 0 Å². The quantitative estimate of drug-likeness (QED) is 0.651. The number of hydrogen-bond donors (Lipinski definition) is 0.